The molecule has 1 atom stereocenters. The Labute approximate surface area is 103 Å². The molecule has 6 heteroatoms. The summed E-state index contributed by atoms with van der Waals surface area (Å²) in [4.78, 5) is 0.866. The molecule has 0 radical (unpaired) electrons. The van der Waals surface area contributed by atoms with Crippen LogP contribution < -0.4 is 5.73 Å². The Morgan fingerprint density at radius 2 is 2.07 bits per heavy atom. The van der Waals surface area contributed by atoms with E-state index in [4.69, 9.17) is 5.73 Å². The van der Waals surface area contributed by atoms with Crippen LogP contribution in [0.25, 0.3) is 0 Å². The molecule has 0 aliphatic heterocycles. The zero-order chi connectivity index (χ0) is 11.9. The topological polar surface area (TPSA) is 60.2 Å². The highest BCUT2D eigenvalue weighted by molar-refractivity contribution is 9.10. The maximum atomic E-state index is 11.6. The van der Waals surface area contributed by atoms with Gasteiger partial charge in [-0.1, -0.05) is 0 Å². The highest BCUT2D eigenvalue weighted by atomic mass is 79.9. The van der Waals surface area contributed by atoms with E-state index in [0.717, 1.165) is 9.35 Å². The van der Waals surface area contributed by atoms with Crippen molar-refractivity contribution in [2.75, 3.05) is 6.26 Å². The van der Waals surface area contributed by atoms with Gasteiger partial charge in [-0.3, -0.25) is 0 Å². The quantitative estimate of drug-likeness (QED) is 0.932. The number of halogens is 1. The van der Waals surface area contributed by atoms with Crippen molar-refractivity contribution in [2.45, 2.75) is 24.6 Å². The summed E-state index contributed by atoms with van der Waals surface area (Å²) in [5.41, 5.74) is 6.01. The van der Waals surface area contributed by atoms with Crippen molar-refractivity contribution >= 4 is 37.1 Å². The van der Waals surface area contributed by atoms with E-state index in [1.807, 2.05) is 11.4 Å². The summed E-state index contributed by atoms with van der Waals surface area (Å²) in [5.74, 6) is 0. The van der Waals surface area contributed by atoms with Crippen LogP contribution in [0.1, 0.15) is 24.8 Å². The summed E-state index contributed by atoms with van der Waals surface area (Å²) in [6.45, 7) is 3.30. The van der Waals surface area contributed by atoms with Gasteiger partial charge in [-0.25, -0.2) is 8.42 Å². The van der Waals surface area contributed by atoms with Gasteiger partial charge in [0, 0.05) is 15.6 Å². The van der Waals surface area contributed by atoms with E-state index >= 15 is 0 Å². The van der Waals surface area contributed by atoms with Crippen molar-refractivity contribution in [1.29, 1.82) is 0 Å². The number of thiophene rings is 1. The third kappa shape index (κ3) is 2.43. The van der Waals surface area contributed by atoms with Gasteiger partial charge in [0.25, 0.3) is 0 Å². The van der Waals surface area contributed by atoms with Crippen LogP contribution in [-0.4, -0.2) is 19.4 Å². The molecule has 3 nitrogen and oxygen atoms in total. The predicted octanol–water partition coefficient (Wildman–Crippen LogP) is 2.33. The summed E-state index contributed by atoms with van der Waals surface area (Å²) >= 11 is 4.83. The van der Waals surface area contributed by atoms with Gasteiger partial charge in [-0.2, -0.15) is 0 Å². The van der Waals surface area contributed by atoms with Crippen LogP contribution >= 0.6 is 27.3 Å². The molecule has 86 valence electrons. The van der Waals surface area contributed by atoms with Crippen LogP contribution in [0.4, 0.5) is 0 Å². The minimum absolute atomic E-state index is 0.512. The first kappa shape index (κ1) is 13.2. The first-order valence-corrected chi connectivity index (χ1v) is 7.92. The minimum atomic E-state index is -3.18. The maximum absolute atomic E-state index is 11.6. The summed E-state index contributed by atoms with van der Waals surface area (Å²) in [7, 11) is -3.18. The zero-order valence-corrected chi connectivity index (χ0v) is 12.0. The van der Waals surface area contributed by atoms with Crippen molar-refractivity contribution in [3.05, 3.63) is 20.8 Å². The summed E-state index contributed by atoms with van der Waals surface area (Å²) in [6.07, 6.45) is 1.22. The predicted molar refractivity (Wildman–Crippen MR) is 67.9 cm³/mol. The third-order valence-electron chi connectivity index (χ3n) is 2.63. The Bertz CT molecular complexity index is 450. The second kappa shape index (κ2) is 4.16. The molecule has 15 heavy (non-hydrogen) atoms. The van der Waals surface area contributed by atoms with E-state index in [2.05, 4.69) is 15.9 Å². The van der Waals surface area contributed by atoms with Gasteiger partial charge in [0.05, 0.1) is 10.8 Å². The molecule has 0 aromatic carbocycles. The molecule has 0 saturated heterocycles. The first-order chi connectivity index (χ1) is 6.68. The number of hydrogen-bond acceptors (Lipinski definition) is 4. The summed E-state index contributed by atoms with van der Waals surface area (Å²) in [6, 6.07) is 1.36. The van der Waals surface area contributed by atoms with E-state index in [0.29, 0.717) is 0 Å². The number of hydrogen-bond donors (Lipinski definition) is 1. The molecular formula is C9H14BrNO2S2. The Balaban J connectivity index is 3.16. The second-order valence-electron chi connectivity index (χ2n) is 3.99. The largest absolute Gasteiger partial charge is 0.322 e. The number of sulfone groups is 1. The fourth-order valence-corrected chi connectivity index (χ4v) is 3.53. The Morgan fingerprint density at radius 3 is 2.40 bits per heavy atom. The van der Waals surface area contributed by atoms with Gasteiger partial charge in [-0.05, 0) is 41.2 Å². The highest BCUT2D eigenvalue weighted by Crippen LogP contribution is 2.36. The standard InChI is InChI=1S/C9H14BrNO2S2/c1-9(2,15(3,12)13)8(11)7-6(10)4-5-14-7/h4-5,8H,11H2,1-3H3. The normalized spacial score (nSPS) is 15.3. The molecule has 0 amide bonds. The van der Waals surface area contributed by atoms with Crippen molar-refractivity contribution in [3.63, 3.8) is 0 Å². The maximum Gasteiger partial charge on any atom is 0.154 e. The molecule has 1 aromatic heterocycles. The fourth-order valence-electron chi connectivity index (χ4n) is 1.07. The molecule has 1 rings (SSSR count). The van der Waals surface area contributed by atoms with Crippen LogP contribution in [0.5, 0.6) is 0 Å². The molecule has 0 spiro atoms. The van der Waals surface area contributed by atoms with Crippen molar-refractivity contribution in [3.8, 4) is 0 Å². The lowest BCUT2D eigenvalue weighted by atomic mass is 10.0. The van der Waals surface area contributed by atoms with Gasteiger partial charge in [0.2, 0.25) is 0 Å². The monoisotopic (exact) mass is 311 g/mol. The summed E-state index contributed by atoms with van der Waals surface area (Å²) in [5, 5.41) is 1.89. The lowest BCUT2D eigenvalue weighted by Crippen LogP contribution is -2.42. The Morgan fingerprint density at radius 1 is 1.53 bits per heavy atom. The van der Waals surface area contributed by atoms with E-state index in [9.17, 15) is 8.42 Å². The molecule has 2 N–H and O–H groups in total. The van der Waals surface area contributed by atoms with Gasteiger partial charge < -0.3 is 5.73 Å². The smallest absolute Gasteiger partial charge is 0.154 e. The third-order valence-corrected chi connectivity index (χ3v) is 6.75. The molecule has 1 aromatic rings. The molecule has 1 heterocycles. The Kier molecular flexibility index (Phi) is 3.65. The van der Waals surface area contributed by atoms with E-state index in [1.54, 1.807) is 13.8 Å². The molecule has 0 bridgehead atoms. The zero-order valence-electron chi connectivity index (χ0n) is 8.82. The van der Waals surface area contributed by atoms with Crippen LogP contribution in [-0.2, 0) is 9.84 Å². The van der Waals surface area contributed by atoms with Crippen LogP contribution in [0.3, 0.4) is 0 Å². The lowest BCUT2D eigenvalue weighted by Gasteiger charge is -2.29. The number of nitrogens with two attached hydrogens (primary N) is 1. The fraction of sp³-hybridized carbons (Fsp3) is 0.556. The summed E-state index contributed by atoms with van der Waals surface area (Å²) < 4.78 is 23.1. The highest BCUT2D eigenvalue weighted by Gasteiger charge is 2.39. The second-order valence-corrected chi connectivity index (χ2v) is 8.38. The van der Waals surface area contributed by atoms with Crippen LogP contribution in [0.15, 0.2) is 15.9 Å². The molecule has 0 aliphatic rings. The molecule has 0 fully saturated rings. The van der Waals surface area contributed by atoms with E-state index in [-0.39, 0.29) is 0 Å². The van der Waals surface area contributed by atoms with E-state index < -0.39 is 20.6 Å². The molecule has 0 saturated carbocycles. The minimum Gasteiger partial charge on any atom is -0.322 e. The van der Waals surface area contributed by atoms with E-state index in [1.165, 1.54) is 17.6 Å². The molecule has 1 unspecified atom stereocenters. The molecule has 0 aliphatic carbocycles. The Hall–Kier alpha value is 0.0900. The van der Waals surface area contributed by atoms with Gasteiger partial charge >= 0.3 is 0 Å². The molecular weight excluding hydrogens is 298 g/mol. The lowest BCUT2D eigenvalue weighted by molar-refractivity contribution is 0.500. The van der Waals surface area contributed by atoms with Crippen LogP contribution in [0, 0.1) is 0 Å². The van der Waals surface area contributed by atoms with Crippen molar-refractivity contribution in [2.24, 2.45) is 5.73 Å². The number of rotatable bonds is 3. The average molecular weight is 312 g/mol. The van der Waals surface area contributed by atoms with Gasteiger partial charge in [0.15, 0.2) is 9.84 Å². The van der Waals surface area contributed by atoms with Gasteiger partial charge in [0.1, 0.15) is 0 Å². The first-order valence-electron chi connectivity index (χ1n) is 4.36. The SMILES string of the molecule is CC(C)(C(N)c1sccc1Br)S(C)(=O)=O. The van der Waals surface area contributed by atoms with Crippen LogP contribution in [0.2, 0.25) is 0 Å². The van der Waals surface area contributed by atoms with Crippen molar-refractivity contribution in [1.82, 2.24) is 0 Å². The van der Waals surface area contributed by atoms with Gasteiger partial charge in [-0.15, -0.1) is 11.3 Å². The average Bonchev–Trinajstić information content (AvgIpc) is 2.48. The van der Waals surface area contributed by atoms with Crippen molar-refractivity contribution < 1.29 is 8.42 Å².